The van der Waals surface area contributed by atoms with E-state index < -0.39 is 32.5 Å². The van der Waals surface area contributed by atoms with Crippen LogP contribution in [0.25, 0.3) is 0 Å². The minimum atomic E-state index is -4.52. The zero-order chi connectivity index (χ0) is 17.6. The first kappa shape index (κ1) is 20.0. The summed E-state index contributed by atoms with van der Waals surface area (Å²) in [6, 6.07) is 7.20. The molecule has 1 aliphatic rings. The van der Waals surface area contributed by atoms with E-state index in [9.17, 15) is 22.4 Å². The molecule has 1 N–H and O–H groups in total. The fourth-order valence-corrected chi connectivity index (χ4v) is 3.17. The van der Waals surface area contributed by atoms with Crippen LogP contribution in [-0.2, 0) is 21.5 Å². The molecule has 0 unspecified atom stereocenters. The summed E-state index contributed by atoms with van der Waals surface area (Å²) >= 11 is 5.93. The number of rotatable bonds is 3. The van der Waals surface area contributed by atoms with E-state index in [2.05, 4.69) is 0 Å². The van der Waals surface area contributed by atoms with Crippen molar-refractivity contribution in [1.82, 2.24) is 0 Å². The number of halogens is 2. The second kappa shape index (κ2) is 7.14. The van der Waals surface area contributed by atoms with Crippen LogP contribution in [0, 0.1) is 5.82 Å². The Kier molecular flexibility index (Phi) is 5.72. The van der Waals surface area contributed by atoms with Gasteiger partial charge in [-0.1, -0.05) is 17.7 Å². The summed E-state index contributed by atoms with van der Waals surface area (Å²) < 4.78 is 45.3. The second-order valence-corrected chi connectivity index (χ2v) is 6.90. The van der Waals surface area contributed by atoms with Crippen LogP contribution < -0.4 is 4.90 Å². The van der Waals surface area contributed by atoms with E-state index in [1.807, 2.05) is 0 Å². The molecule has 0 saturated carbocycles. The van der Waals surface area contributed by atoms with E-state index in [4.69, 9.17) is 16.2 Å². The Bertz CT molecular complexity index is 975. The quantitative estimate of drug-likeness (QED) is 0.488. The van der Waals surface area contributed by atoms with E-state index >= 15 is 0 Å². The number of nitrogens with zero attached hydrogens (tertiary/aromatic N) is 1. The molecule has 0 aliphatic carbocycles. The second-order valence-electron chi connectivity index (χ2n) is 5.07. The Morgan fingerprint density at radius 3 is 2.44 bits per heavy atom. The first-order valence-electron chi connectivity index (χ1n) is 6.61. The van der Waals surface area contributed by atoms with Crippen molar-refractivity contribution in [2.24, 2.45) is 0 Å². The molecule has 6 nitrogen and oxygen atoms in total. The van der Waals surface area contributed by atoms with Gasteiger partial charge in [0.25, 0.3) is 21.8 Å². The average Bonchev–Trinajstić information content (AvgIpc) is 2.74. The Morgan fingerprint density at radius 1 is 1.16 bits per heavy atom. The molecule has 1 aliphatic heterocycles. The van der Waals surface area contributed by atoms with Crippen LogP contribution >= 0.6 is 11.6 Å². The van der Waals surface area contributed by atoms with Gasteiger partial charge in [-0.05, 0) is 30.3 Å². The molecule has 25 heavy (non-hydrogen) atoms. The number of carbonyl (C=O) groups excluding carboxylic acids is 2. The molecule has 0 saturated heterocycles. The Balaban J connectivity index is 0.00000225. The molecule has 2 aromatic rings. The van der Waals surface area contributed by atoms with Crippen molar-refractivity contribution in [1.29, 1.82) is 0 Å². The number of carbonyl (C=O) groups is 2. The van der Waals surface area contributed by atoms with Crippen molar-refractivity contribution >= 4 is 68.7 Å². The van der Waals surface area contributed by atoms with Gasteiger partial charge in [0.05, 0.1) is 22.7 Å². The van der Waals surface area contributed by atoms with Crippen LogP contribution in [0.1, 0.15) is 15.9 Å². The van der Waals surface area contributed by atoms with Crippen LogP contribution in [0.5, 0.6) is 0 Å². The molecule has 0 aromatic heterocycles. The van der Waals surface area contributed by atoms with Gasteiger partial charge >= 0.3 is 29.6 Å². The topological polar surface area (TPSA) is 91.8 Å². The molecule has 3 rings (SSSR count). The molecule has 0 bridgehead atoms. The van der Waals surface area contributed by atoms with Crippen LogP contribution in [0.4, 0.5) is 10.1 Å². The van der Waals surface area contributed by atoms with Gasteiger partial charge in [0.2, 0.25) is 0 Å². The van der Waals surface area contributed by atoms with Crippen molar-refractivity contribution in [3.8, 4) is 0 Å². The third-order valence-electron chi connectivity index (χ3n) is 3.62. The SMILES string of the molecule is O=C1C(=O)N(Cc2c(F)cccc2Cl)c2ccc(S(=O)(=O)O)cc21.[NaH]. The van der Waals surface area contributed by atoms with Crippen LogP contribution in [-0.4, -0.2) is 54.2 Å². The molecule has 0 atom stereocenters. The summed E-state index contributed by atoms with van der Waals surface area (Å²) in [5, 5.41) is 0.0956. The number of hydrogen-bond donors (Lipinski definition) is 1. The molecular formula is C15H10ClFNNaO5S. The summed E-state index contributed by atoms with van der Waals surface area (Å²) in [6.45, 7) is -0.283. The zero-order valence-electron chi connectivity index (χ0n) is 11.9. The number of amides is 1. The minimum absolute atomic E-state index is 0. The summed E-state index contributed by atoms with van der Waals surface area (Å²) in [5.41, 5.74) is -0.0219. The molecule has 0 radical (unpaired) electrons. The van der Waals surface area contributed by atoms with Gasteiger partial charge < -0.3 is 4.90 Å². The number of anilines is 1. The first-order chi connectivity index (χ1) is 11.2. The molecule has 1 heterocycles. The monoisotopic (exact) mass is 393 g/mol. The molecule has 1 amide bonds. The summed E-state index contributed by atoms with van der Waals surface area (Å²) in [5.74, 6) is -2.51. The van der Waals surface area contributed by atoms with Crippen molar-refractivity contribution in [2.45, 2.75) is 11.4 Å². The van der Waals surface area contributed by atoms with Gasteiger partial charge in [0, 0.05) is 10.6 Å². The zero-order valence-corrected chi connectivity index (χ0v) is 13.4. The standard InChI is InChI=1S/C15H9ClFNO5S.Na.H/c16-11-2-1-3-12(17)10(11)7-18-13-5-4-8(24(21,22)23)6-9(13)14(19)15(18)20;;/h1-6H,7H2,(H,21,22,23);;. The van der Waals surface area contributed by atoms with Gasteiger partial charge in [0.1, 0.15) is 5.82 Å². The first-order valence-corrected chi connectivity index (χ1v) is 8.42. The Hall–Kier alpha value is -1.29. The molecule has 126 valence electrons. The molecule has 2 aromatic carbocycles. The Labute approximate surface area is 169 Å². The van der Waals surface area contributed by atoms with Crippen LogP contribution in [0.15, 0.2) is 41.3 Å². The van der Waals surface area contributed by atoms with Gasteiger partial charge in [-0.15, -0.1) is 0 Å². The molecular weight excluding hydrogens is 384 g/mol. The Morgan fingerprint density at radius 2 is 1.84 bits per heavy atom. The van der Waals surface area contributed by atoms with E-state index in [0.717, 1.165) is 17.0 Å². The number of hydrogen-bond acceptors (Lipinski definition) is 4. The number of Topliss-reactive ketones (excluding diaryl/α,β-unsaturated/α-hetero) is 1. The van der Waals surface area contributed by atoms with Gasteiger partial charge in [-0.3, -0.25) is 14.1 Å². The van der Waals surface area contributed by atoms with E-state index in [1.165, 1.54) is 24.3 Å². The van der Waals surface area contributed by atoms with Crippen LogP contribution in [0.3, 0.4) is 0 Å². The summed E-state index contributed by atoms with van der Waals surface area (Å²) in [6.07, 6.45) is 0. The molecule has 0 spiro atoms. The van der Waals surface area contributed by atoms with Gasteiger partial charge in [-0.2, -0.15) is 8.42 Å². The number of benzene rings is 2. The molecule has 10 heteroatoms. The fraction of sp³-hybridized carbons (Fsp3) is 0.0667. The maximum atomic E-state index is 13.9. The van der Waals surface area contributed by atoms with Gasteiger partial charge in [0.15, 0.2) is 0 Å². The normalized spacial score (nSPS) is 13.6. The fourth-order valence-electron chi connectivity index (χ4n) is 2.44. The van der Waals surface area contributed by atoms with Crippen molar-refractivity contribution in [3.05, 3.63) is 58.4 Å². The number of fused-ring (bicyclic) bond motifs is 1. The van der Waals surface area contributed by atoms with Gasteiger partial charge in [-0.25, -0.2) is 4.39 Å². The van der Waals surface area contributed by atoms with Crippen molar-refractivity contribution < 1.29 is 27.0 Å². The predicted molar refractivity (Wildman–Crippen MR) is 90.3 cm³/mol. The molecule has 0 fully saturated rings. The van der Waals surface area contributed by atoms with Crippen molar-refractivity contribution in [3.63, 3.8) is 0 Å². The number of ketones is 1. The third-order valence-corrected chi connectivity index (χ3v) is 4.82. The summed E-state index contributed by atoms with van der Waals surface area (Å²) in [4.78, 5) is 24.7. The van der Waals surface area contributed by atoms with E-state index in [0.29, 0.717) is 0 Å². The third kappa shape index (κ3) is 3.64. The maximum absolute atomic E-state index is 13.9. The van der Waals surface area contributed by atoms with E-state index in [1.54, 1.807) is 0 Å². The van der Waals surface area contributed by atoms with Crippen molar-refractivity contribution in [2.75, 3.05) is 4.90 Å². The predicted octanol–water partition coefficient (Wildman–Crippen LogP) is 1.81. The van der Waals surface area contributed by atoms with E-state index in [-0.39, 0.29) is 57.9 Å². The van der Waals surface area contributed by atoms with Crippen LogP contribution in [0.2, 0.25) is 5.02 Å². The average molecular weight is 394 g/mol. The summed E-state index contributed by atoms with van der Waals surface area (Å²) in [7, 11) is -4.52.